The maximum atomic E-state index is 12.9. The van der Waals surface area contributed by atoms with Crippen molar-refractivity contribution in [3.8, 4) is 23.1 Å². The molecule has 34 heavy (non-hydrogen) atoms. The number of anilines is 1. The van der Waals surface area contributed by atoms with Crippen LogP contribution in [0.3, 0.4) is 0 Å². The highest BCUT2D eigenvalue weighted by atomic mass is 16.5. The minimum Gasteiger partial charge on any atom is -0.493 e. The van der Waals surface area contributed by atoms with Crippen molar-refractivity contribution in [2.45, 2.75) is 44.8 Å². The zero-order valence-electron chi connectivity index (χ0n) is 19.8. The number of methoxy groups -OCH3 is 3. The Hall–Kier alpha value is -3.49. The van der Waals surface area contributed by atoms with E-state index in [0.29, 0.717) is 35.4 Å². The number of carbonyl (C=O) groups excluding carboxylic acids is 2. The topological polar surface area (TPSA) is 99.2 Å². The van der Waals surface area contributed by atoms with Gasteiger partial charge in [0.15, 0.2) is 11.5 Å². The highest BCUT2D eigenvalue weighted by molar-refractivity contribution is 6.00. The van der Waals surface area contributed by atoms with E-state index in [4.69, 9.17) is 18.9 Å². The normalized spacial score (nSPS) is 18.1. The van der Waals surface area contributed by atoms with Gasteiger partial charge in [0.1, 0.15) is 6.10 Å². The van der Waals surface area contributed by atoms with Crippen LogP contribution in [0.5, 0.6) is 23.1 Å². The number of amides is 2. The fourth-order valence-corrected chi connectivity index (χ4v) is 4.51. The fraction of sp³-hybridized carbons (Fsp3) is 0.480. The van der Waals surface area contributed by atoms with Crippen LogP contribution in [-0.2, 0) is 16.1 Å². The third kappa shape index (κ3) is 5.03. The number of rotatable bonds is 9. The Labute approximate surface area is 199 Å². The molecule has 1 aliphatic carbocycles. The van der Waals surface area contributed by atoms with E-state index >= 15 is 0 Å². The van der Waals surface area contributed by atoms with Gasteiger partial charge >= 0.3 is 0 Å². The Morgan fingerprint density at radius 1 is 1.12 bits per heavy atom. The van der Waals surface area contributed by atoms with Crippen LogP contribution in [0.25, 0.3) is 0 Å². The van der Waals surface area contributed by atoms with Crippen molar-refractivity contribution in [3.05, 3.63) is 36.0 Å². The largest absolute Gasteiger partial charge is 0.493 e. The molecule has 2 aliphatic rings. The van der Waals surface area contributed by atoms with Gasteiger partial charge in [-0.1, -0.05) is 6.07 Å². The van der Waals surface area contributed by atoms with Crippen LogP contribution in [0.2, 0.25) is 0 Å². The second kappa shape index (κ2) is 10.6. The lowest BCUT2D eigenvalue weighted by Gasteiger charge is -2.20. The Morgan fingerprint density at radius 2 is 1.82 bits per heavy atom. The molecule has 0 spiro atoms. The zero-order valence-corrected chi connectivity index (χ0v) is 19.8. The van der Waals surface area contributed by atoms with Crippen molar-refractivity contribution in [3.63, 3.8) is 0 Å². The van der Waals surface area contributed by atoms with Crippen LogP contribution in [0.15, 0.2) is 30.5 Å². The van der Waals surface area contributed by atoms with E-state index in [1.165, 1.54) is 34.2 Å². The lowest BCUT2D eigenvalue weighted by Crippen LogP contribution is -2.32. The molecule has 2 aromatic rings. The highest BCUT2D eigenvalue weighted by Crippen LogP contribution is 2.42. The summed E-state index contributed by atoms with van der Waals surface area (Å²) in [7, 11) is 4.56. The third-order valence-corrected chi connectivity index (χ3v) is 6.34. The molecule has 182 valence electrons. The molecule has 2 amide bonds. The molecule has 1 atom stereocenters. The monoisotopic (exact) mass is 469 g/mol. The molecular formula is C25H31N3O6. The van der Waals surface area contributed by atoms with Crippen LogP contribution in [-0.4, -0.2) is 50.8 Å². The number of nitrogens with zero attached hydrogens (tertiary/aromatic N) is 2. The van der Waals surface area contributed by atoms with Gasteiger partial charge < -0.3 is 29.2 Å². The predicted octanol–water partition coefficient (Wildman–Crippen LogP) is 3.10. The number of nitrogens with one attached hydrogen (secondary N) is 1. The molecule has 0 bridgehead atoms. The summed E-state index contributed by atoms with van der Waals surface area (Å²) in [4.78, 5) is 31.6. The van der Waals surface area contributed by atoms with E-state index in [1.54, 1.807) is 23.2 Å². The average Bonchev–Trinajstić information content (AvgIpc) is 3.52. The SMILES string of the molecule is COc1cc(N2CC(C(=O)NCc3cccnc3OC3CCCC3)CC2=O)cc(OC)c1OC. The van der Waals surface area contributed by atoms with Gasteiger partial charge in [0, 0.05) is 43.4 Å². The first kappa shape index (κ1) is 23.7. The smallest absolute Gasteiger partial charge is 0.227 e. The number of benzene rings is 1. The van der Waals surface area contributed by atoms with Crippen molar-refractivity contribution in [2.24, 2.45) is 5.92 Å². The standard InChI is InChI=1S/C25H31N3O6/c1-31-20-12-18(13-21(32-2)23(20)33-3)28-15-17(11-22(28)29)24(30)27-14-16-7-6-10-26-25(16)34-19-8-4-5-9-19/h6-7,10,12-13,17,19H,4-5,8-9,11,14-15H2,1-3H3,(H,27,30). The Bertz CT molecular complexity index is 1010. The van der Waals surface area contributed by atoms with Crippen LogP contribution < -0.4 is 29.2 Å². The maximum Gasteiger partial charge on any atom is 0.227 e. The molecule has 1 aromatic carbocycles. The van der Waals surface area contributed by atoms with E-state index < -0.39 is 5.92 Å². The first-order valence-corrected chi connectivity index (χ1v) is 11.5. The summed E-state index contributed by atoms with van der Waals surface area (Å²) in [5.74, 6) is 1.12. The second-order valence-electron chi connectivity index (χ2n) is 8.50. The van der Waals surface area contributed by atoms with Crippen LogP contribution >= 0.6 is 0 Å². The van der Waals surface area contributed by atoms with E-state index in [1.807, 2.05) is 12.1 Å². The summed E-state index contributed by atoms with van der Waals surface area (Å²) in [6.45, 7) is 0.561. The van der Waals surface area contributed by atoms with Crippen LogP contribution in [0.1, 0.15) is 37.7 Å². The maximum absolute atomic E-state index is 12.9. The summed E-state index contributed by atoms with van der Waals surface area (Å²) < 4.78 is 22.2. The summed E-state index contributed by atoms with van der Waals surface area (Å²) in [5.41, 5.74) is 1.42. The number of hydrogen-bond donors (Lipinski definition) is 1. The van der Waals surface area contributed by atoms with Gasteiger partial charge in [0.25, 0.3) is 0 Å². The first-order chi connectivity index (χ1) is 16.5. The van der Waals surface area contributed by atoms with E-state index in [2.05, 4.69) is 10.3 Å². The van der Waals surface area contributed by atoms with Crippen molar-refractivity contribution < 1.29 is 28.5 Å². The number of pyridine rings is 1. The molecular weight excluding hydrogens is 438 g/mol. The molecule has 1 saturated heterocycles. The summed E-state index contributed by atoms with van der Waals surface area (Å²) in [6, 6.07) is 7.15. The Balaban J connectivity index is 1.41. The zero-order chi connectivity index (χ0) is 24.1. The third-order valence-electron chi connectivity index (χ3n) is 6.34. The molecule has 1 aromatic heterocycles. The molecule has 9 heteroatoms. The van der Waals surface area contributed by atoms with Crippen molar-refractivity contribution >= 4 is 17.5 Å². The van der Waals surface area contributed by atoms with E-state index in [9.17, 15) is 9.59 Å². The molecule has 2 fully saturated rings. The summed E-state index contributed by atoms with van der Waals surface area (Å²) in [5, 5.41) is 2.95. The molecule has 4 rings (SSSR count). The lowest BCUT2D eigenvalue weighted by atomic mass is 10.1. The van der Waals surface area contributed by atoms with Gasteiger partial charge in [-0.15, -0.1) is 0 Å². The molecule has 1 saturated carbocycles. The minimum absolute atomic E-state index is 0.126. The summed E-state index contributed by atoms with van der Waals surface area (Å²) in [6.07, 6.45) is 6.40. The lowest BCUT2D eigenvalue weighted by molar-refractivity contribution is -0.126. The van der Waals surface area contributed by atoms with Crippen molar-refractivity contribution in [1.82, 2.24) is 10.3 Å². The molecule has 1 unspecified atom stereocenters. The number of aromatic nitrogens is 1. The molecule has 1 aliphatic heterocycles. The minimum atomic E-state index is -0.470. The van der Waals surface area contributed by atoms with Gasteiger partial charge in [-0.3, -0.25) is 9.59 Å². The number of hydrogen-bond acceptors (Lipinski definition) is 7. The first-order valence-electron chi connectivity index (χ1n) is 11.5. The molecule has 9 nitrogen and oxygen atoms in total. The van der Waals surface area contributed by atoms with Gasteiger partial charge in [-0.25, -0.2) is 4.98 Å². The van der Waals surface area contributed by atoms with Crippen LogP contribution in [0, 0.1) is 5.92 Å². The van der Waals surface area contributed by atoms with Gasteiger partial charge in [0.2, 0.25) is 23.4 Å². The second-order valence-corrected chi connectivity index (χ2v) is 8.50. The Morgan fingerprint density at radius 3 is 2.47 bits per heavy atom. The Kier molecular flexibility index (Phi) is 7.40. The number of ether oxygens (including phenoxy) is 4. The van der Waals surface area contributed by atoms with Gasteiger partial charge in [-0.2, -0.15) is 0 Å². The average molecular weight is 470 g/mol. The quantitative estimate of drug-likeness (QED) is 0.602. The van der Waals surface area contributed by atoms with Gasteiger partial charge in [0.05, 0.1) is 32.9 Å². The fourth-order valence-electron chi connectivity index (χ4n) is 4.51. The summed E-state index contributed by atoms with van der Waals surface area (Å²) >= 11 is 0. The molecule has 2 heterocycles. The highest BCUT2D eigenvalue weighted by Gasteiger charge is 2.36. The van der Waals surface area contributed by atoms with E-state index in [-0.39, 0.29) is 30.9 Å². The van der Waals surface area contributed by atoms with Crippen LogP contribution in [0.4, 0.5) is 5.69 Å². The van der Waals surface area contributed by atoms with Gasteiger partial charge in [-0.05, 0) is 31.7 Å². The van der Waals surface area contributed by atoms with Crippen molar-refractivity contribution in [2.75, 3.05) is 32.8 Å². The number of carbonyl (C=O) groups is 2. The predicted molar refractivity (Wildman–Crippen MR) is 126 cm³/mol. The van der Waals surface area contributed by atoms with E-state index in [0.717, 1.165) is 18.4 Å². The molecule has 1 N–H and O–H groups in total. The molecule has 0 radical (unpaired) electrons. The van der Waals surface area contributed by atoms with Crippen molar-refractivity contribution in [1.29, 1.82) is 0 Å².